The van der Waals surface area contributed by atoms with Crippen molar-refractivity contribution in [1.29, 1.82) is 0 Å². The van der Waals surface area contributed by atoms with Gasteiger partial charge in [0, 0.05) is 12.6 Å². The van der Waals surface area contributed by atoms with E-state index in [1.54, 1.807) is 18.4 Å². The van der Waals surface area contributed by atoms with Crippen molar-refractivity contribution in [2.75, 3.05) is 13.1 Å². The van der Waals surface area contributed by atoms with Crippen molar-refractivity contribution in [3.05, 3.63) is 24.2 Å². The Bertz CT molecular complexity index is 454. The standard InChI is InChI=1S/C17H29N3O2.HI/c1-4-18-17(19-11-15(21)16-6-5-7-22-16)20-14-9-12(2)8-13(3)10-14;/h5-7,12-15,21H,4,8-11H2,1-3H3,(H2,18,19,20);1H. The molecule has 1 heterocycles. The largest absolute Gasteiger partial charge is 0.467 e. The highest BCUT2D eigenvalue weighted by atomic mass is 127. The van der Waals surface area contributed by atoms with Crippen LogP contribution in [0, 0.1) is 11.8 Å². The maximum Gasteiger partial charge on any atom is 0.191 e. The maximum absolute atomic E-state index is 10.1. The van der Waals surface area contributed by atoms with Gasteiger partial charge in [-0.25, -0.2) is 0 Å². The molecule has 0 aromatic carbocycles. The minimum Gasteiger partial charge on any atom is -0.467 e. The van der Waals surface area contributed by atoms with Gasteiger partial charge in [0.1, 0.15) is 11.9 Å². The van der Waals surface area contributed by atoms with Gasteiger partial charge in [-0.3, -0.25) is 4.99 Å². The molecule has 2 rings (SSSR count). The fourth-order valence-electron chi connectivity index (χ4n) is 3.33. The number of nitrogens with one attached hydrogen (secondary N) is 2. The number of aliphatic hydroxyl groups is 1. The summed E-state index contributed by atoms with van der Waals surface area (Å²) >= 11 is 0. The molecule has 1 fully saturated rings. The van der Waals surface area contributed by atoms with E-state index in [9.17, 15) is 5.11 Å². The lowest BCUT2D eigenvalue weighted by Crippen LogP contribution is -2.46. The Morgan fingerprint density at radius 1 is 1.35 bits per heavy atom. The molecule has 0 aliphatic heterocycles. The quantitative estimate of drug-likeness (QED) is 0.377. The molecule has 3 atom stereocenters. The predicted octanol–water partition coefficient (Wildman–Crippen LogP) is 3.31. The first-order valence-corrected chi connectivity index (χ1v) is 8.34. The van der Waals surface area contributed by atoms with Crippen LogP contribution in [-0.4, -0.2) is 30.2 Å². The summed E-state index contributed by atoms with van der Waals surface area (Å²) < 4.78 is 5.21. The van der Waals surface area contributed by atoms with E-state index in [2.05, 4.69) is 29.5 Å². The molecule has 0 radical (unpaired) electrons. The van der Waals surface area contributed by atoms with Crippen LogP contribution in [-0.2, 0) is 0 Å². The lowest BCUT2D eigenvalue weighted by molar-refractivity contribution is 0.158. The first kappa shape index (κ1) is 20.3. The number of nitrogens with zero attached hydrogens (tertiary/aromatic N) is 1. The summed E-state index contributed by atoms with van der Waals surface area (Å²) in [6.07, 6.45) is 4.53. The van der Waals surface area contributed by atoms with E-state index in [1.165, 1.54) is 19.3 Å². The number of aliphatic hydroxyl groups excluding tert-OH is 1. The molecule has 6 heteroatoms. The Labute approximate surface area is 156 Å². The number of hydrogen-bond donors (Lipinski definition) is 3. The monoisotopic (exact) mass is 435 g/mol. The fraction of sp³-hybridized carbons (Fsp3) is 0.706. The van der Waals surface area contributed by atoms with Crippen LogP contribution in [0.25, 0.3) is 0 Å². The molecule has 5 nitrogen and oxygen atoms in total. The zero-order valence-corrected chi connectivity index (χ0v) is 16.6. The van der Waals surface area contributed by atoms with Crippen molar-refractivity contribution in [2.24, 2.45) is 16.8 Å². The molecule has 0 saturated heterocycles. The molecule has 3 N–H and O–H groups in total. The van der Waals surface area contributed by atoms with Gasteiger partial charge in [0.15, 0.2) is 5.96 Å². The van der Waals surface area contributed by atoms with Crippen LogP contribution in [0.3, 0.4) is 0 Å². The van der Waals surface area contributed by atoms with Crippen LogP contribution < -0.4 is 10.6 Å². The molecule has 1 aromatic heterocycles. The van der Waals surface area contributed by atoms with Crippen molar-refractivity contribution >= 4 is 29.9 Å². The summed E-state index contributed by atoms with van der Waals surface area (Å²) in [5.41, 5.74) is 0. The molecule has 1 aliphatic carbocycles. The molecule has 0 bridgehead atoms. The Hall–Kier alpha value is -0.760. The van der Waals surface area contributed by atoms with Crippen LogP contribution in [0.4, 0.5) is 0 Å². The van der Waals surface area contributed by atoms with Gasteiger partial charge in [-0.1, -0.05) is 13.8 Å². The average molecular weight is 435 g/mol. The molecule has 132 valence electrons. The second-order valence-electron chi connectivity index (χ2n) is 6.51. The van der Waals surface area contributed by atoms with Crippen LogP contribution in [0.5, 0.6) is 0 Å². The second-order valence-corrected chi connectivity index (χ2v) is 6.51. The zero-order chi connectivity index (χ0) is 15.9. The normalized spacial score (nSPS) is 26.3. The first-order valence-electron chi connectivity index (χ1n) is 8.34. The van der Waals surface area contributed by atoms with Crippen LogP contribution >= 0.6 is 24.0 Å². The highest BCUT2D eigenvalue weighted by Crippen LogP contribution is 2.28. The molecule has 1 saturated carbocycles. The summed E-state index contributed by atoms with van der Waals surface area (Å²) in [4.78, 5) is 4.50. The van der Waals surface area contributed by atoms with Crippen molar-refractivity contribution in [3.8, 4) is 0 Å². The van der Waals surface area contributed by atoms with Gasteiger partial charge >= 0.3 is 0 Å². The number of guanidine groups is 1. The third kappa shape index (κ3) is 6.71. The van der Waals surface area contributed by atoms with Crippen molar-refractivity contribution < 1.29 is 9.52 Å². The highest BCUT2D eigenvalue weighted by Gasteiger charge is 2.24. The van der Waals surface area contributed by atoms with Gasteiger partial charge < -0.3 is 20.2 Å². The van der Waals surface area contributed by atoms with Crippen LogP contribution in [0.15, 0.2) is 27.8 Å². The summed E-state index contributed by atoms with van der Waals surface area (Å²) in [6.45, 7) is 7.78. The molecule has 0 amide bonds. The van der Waals surface area contributed by atoms with Crippen LogP contribution in [0.2, 0.25) is 0 Å². The fourth-order valence-corrected chi connectivity index (χ4v) is 3.33. The van der Waals surface area contributed by atoms with Gasteiger partial charge in [-0.15, -0.1) is 24.0 Å². The van der Waals surface area contributed by atoms with Crippen molar-refractivity contribution in [1.82, 2.24) is 10.6 Å². The lowest BCUT2D eigenvalue weighted by Gasteiger charge is -2.33. The molecule has 0 spiro atoms. The van der Waals surface area contributed by atoms with Crippen molar-refractivity contribution in [2.45, 2.75) is 52.2 Å². The first-order chi connectivity index (χ1) is 10.6. The predicted molar refractivity (Wildman–Crippen MR) is 104 cm³/mol. The van der Waals surface area contributed by atoms with Gasteiger partial charge in [-0.05, 0) is 50.2 Å². The second kappa shape index (κ2) is 10.2. The van der Waals surface area contributed by atoms with Gasteiger partial charge in [0.2, 0.25) is 0 Å². The van der Waals surface area contributed by atoms with Crippen molar-refractivity contribution in [3.63, 3.8) is 0 Å². The lowest BCUT2D eigenvalue weighted by atomic mass is 9.80. The van der Waals surface area contributed by atoms with E-state index in [1.807, 2.05) is 6.92 Å². The smallest absolute Gasteiger partial charge is 0.191 e. The average Bonchev–Trinajstić information content (AvgIpc) is 2.97. The van der Waals surface area contributed by atoms with Gasteiger partial charge in [-0.2, -0.15) is 0 Å². The highest BCUT2D eigenvalue weighted by molar-refractivity contribution is 14.0. The number of hydrogen-bond acceptors (Lipinski definition) is 3. The summed E-state index contributed by atoms with van der Waals surface area (Å²) in [5, 5.41) is 16.8. The zero-order valence-electron chi connectivity index (χ0n) is 14.3. The van der Waals surface area contributed by atoms with Crippen LogP contribution in [0.1, 0.15) is 51.9 Å². The SMILES string of the molecule is CCNC(=NCC(O)c1ccco1)NC1CC(C)CC(C)C1.I. The van der Waals surface area contributed by atoms with Gasteiger partial charge in [0.25, 0.3) is 0 Å². The van der Waals surface area contributed by atoms with E-state index in [0.717, 1.165) is 24.3 Å². The Morgan fingerprint density at radius 3 is 2.61 bits per heavy atom. The molecule has 1 aromatic rings. The summed E-state index contributed by atoms with van der Waals surface area (Å²) in [5.74, 6) is 2.83. The van der Waals surface area contributed by atoms with Gasteiger partial charge in [0.05, 0.1) is 12.8 Å². The Balaban J connectivity index is 0.00000264. The molecular formula is C17H30IN3O2. The topological polar surface area (TPSA) is 69.8 Å². The van der Waals surface area contributed by atoms with E-state index >= 15 is 0 Å². The third-order valence-electron chi connectivity index (χ3n) is 4.16. The summed E-state index contributed by atoms with van der Waals surface area (Å²) in [6, 6.07) is 4.00. The van der Waals surface area contributed by atoms with E-state index in [0.29, 0.717) is 18.3 Å². The molecule has 3 unspecified atom stereocenters. The number of furan rings is 1. The minimum atomic E-state index is -0.699. The number of halogens is 1. The Kier molecular flexibility index (Phi) is 8.98. The third-order valence-corrected chi connectivity index (χ3v) is 4.16. The molecular weight excluding hydrogens is 405 g/mol. The minimum absolute atomic E-state index is 0. The van der Waals surface area contributed by atoms with E-state index in [4.69, 9.17) is 4.42 Å². The van der Waals surface area contributed by atoms with E-state index in [-0.39, 0.29) is 24.0 Å². The maximum atomic E-state index is 10.1. The molecule has 1 aliphatic rings. The number of rotatable bonds is 5. The summed E-state index contributed by atoms with van der Waals surface area (Å²) in [7, 11) is 0. The number of aliphatic imine (C=N–C) groups is 1. The molecule has 23 heavy (non-hydrogen) atoms. The Morgan fingerprint density at radius 2 is 2.04 bits per heavy atom. The van der Waals surface area contributed by atoms with E-state index < -0.39 is 6.10 Å².